The van der Waals surface area contributed by atoms with Crippen molar-refractivity contribution in [2.24, 2.45) is 0 Å². The van der Waals surface area contributed by atoms with E-state index in [2.05, 4.69) is 0 Å². The van der Waals surface area contributed by atoms with Crippen LogP contribution in [0.1, 0.15) is 41.4 Å². The summed E-state index contributed by atoms with van der Waals surface area (Å²) >= 11 is 23.7. The molecule has 3 aromatic carbocycles. The van der Waals surface area contributed by atoms with Crippen LogP contribution in [-0.2, 0) is 4.74 Å². The molecule has 0 saturated heterocycles. The average molecular weight is 523 g/mol. The van der Waals surface area contributed by atoms with E-state index in [1.54, 1.807) is 6.07 Å². The van der Waals surface area contributed by atoms with Gasteiger partial charge in [0.15, 0.2) is 12.4 Å². The molecule has 0 aromatic heterocycles. The summed E-state index contributed by atoms with van der Waals surface area (Å²) < 4.78 is 5.14. The molecule has 6 nitrogen and oxygen atoms in total. The number of imide groups is 1. The van der Waals surface area contributed by atoms with E-state index in [-0.39, 0.29) is 48.0 Å². The van der Waals surface area contributed by atoms with Gasteiger partial charge >= 0.3 is 5.97 Å². The molecule has 0 fully saturated rings. The number of hydrogen-bond donors (Lipinski definition) is 0. The molecule has 1 aliphatic heterocycles. The van der Waals surface area contributed by atoms with Crippen LogP contribution in [0.4, 0.5) is 5.69 Å². The Bertz CT molecular complexity index is 1310. The van der Waals surface area contributed by atoms with Gasteiger partial charge in [-0.2, -0.15) is 0 Å². The number of carbonyl (C=O) groups is 4. The topological polar surface area (TPSA) is 80.8 Å². The standard InChI is InChI=1S/C23H11Cl4NO5/c24-15-6-5-11(7-16(15)25)20(29)10-33-23(32)12-3-1-2-4-19(12)28-21(30)13-8-17(26)18(27)9-14(13)22(28)31/h1-9H,10H2. The molecule has 166 valence electrons. The van der Waals surface area contributed by atoms with Crippen LogP contribution in [0.2, 0.25) is 20.1 Å². The fraction of sp³-hybridized carbons (Fsp3) is 0.0435. The molecule has 0 atom stereocenters. The number of ether oxygens (including phenoxy) is 1. The van der Waals surface area contributed by atoms with Gasteiger partial charge in [-0.05, 0) is 42.5 Å². The van der Waals surface area contributed by atoms with Gasteiger partial charge in [-0.15, -0.1) is 0 Å². The quantitative estimate of drug-likeness (QED) is 0.228. The highest BCUT2D eigenvalue weighted by atomic mass is 35.5. The summed E-state index contributed by atoms with van der Waals surface area (Å²) in [4.78, 5) is 51.8. The lowest BCUT2D eigenvalue weighted by Gasteiger charge is -2.17. The molecule has 3 aromatic rings. The number of anilines is 1. The van der Waals surface area contributed by atoms with Crippen LogP contribution in [-0.4, -0.2) is 30.2 Å². The number of nitrogens with zero attached hydrogens (tertiary/aromatic N) is 1. The van der Waals surface area contributed by atoms with Crippen molar-refractivity contribution in [3.05, 3.63) is 96.9 Å². The highest BCUT2D eigenvalue weighted by Gasteiger charge is 2.39. The Morgan fingerprint density at radius 2 is 1.33 bits per heavy atom. The number of esters is 1. The molecule has 4 rings (SSSR count). The van der Waals surface area contributed by atoms with Crippen LogP contribution in [0.5, 0.6) is 0 Å². The Labute approximate surface area is 207 Å². The molecule has 0 bridgehead atoms. The van der Waals surface area contributed by atoms with Gasteiger partial charge in [0.1, 0.15) is 0 Å². The Morgan fingerprint density at radius 1 is 0.758 bits per heavy atom. The summed E-state index contributed by atoms with van der Waals surface area (Å²) in [5.41, 5.74) is 0.258. The third-order valence-corrected chi connectivity index (χ3v) is 6.33. The minimum Gasteiger partial charge on any atom is -0.454 e. The Kier molecular flexibility index (Phi) is 6.45. The van der Waals surface area contributed by atoms with E-state index in [4.69, 9.17) is 51.1 Å². The molecule has 0 N–H and O–H groups in total. The normalized spacial score (nSPS) is 12.7. The maximum absolute atomic E-state index is 12.9. The smallest absolute Gasteiger partial charge is 0.340 e. The number of benzene rings is 3. The van der Waals surface area contributed by atoms with Crippen molar-refractivity contribution in [1.29, 1.82) is 0 Å². The van der Waals surface area contributed by atoms with E-state index < -0.39 is 30.2 Å². The fourth-order valence-corrected chi connectivity index (χ4v) is 3.88. The van der Waals surface area contributed by atoms with Gasteiger partial charge in [0.2, 0.25) is 0 Å². The van der Waals surface area contributed by atoms with Crippen molar-refractivity contribution in [3.63, 3.8) is 0 Å². The van der Waals surface area contributed by atoms with Crippen LogP contribution >= 0.6 is 46.4 Å². The summed E-state index contributed by atoms with van der Waals surface area (Å²) in [5, 5.41) is 0.700. The Hall–Kier alpha value is -2.90. The second-order valence-electron chi connectivity index (χ2n) is 6.90. The number of Topliss-reactive ketones (excluding diaryl/α,β-unsaturated/α-hetero) is 1. The molecule has 0 spiro atoms. The minimum atomic E-state index is -0.897. The van der Waals surface area contributed by atoms with Gasteiger partial charge in [-0.1, -0.05) is 58.5 Å². The number of hydrogen-bond acceptors (Lipinski definition) is 5. The number of para-hydroxylation sites is 1. The highest BCUT2D eigenvalue weighted by Crippen LogP contribution is 2.35. The monoisotopic (exact) mass is 521 g/mol. The second kappa shape index (κ2) is 9.15. The highest BCUT2D eigenvalue weighted by molar-refractivity contribution is 6.44. The summed E-state index contributed by atoms with van der Waals surface area (Å²) in [6.07, 6.45) is 0. The lowest BCUT2D eigenvalue weighted by molar-refractivity contribution is 0.0475. The van der Waals surface area contributed by atoms with Crippen molar-refractivity contribution in [2.45, 2.75) is 0 Å². The van der Waals surface area contributed by atoms with Gasteiger partial charge in [-0.3, -0.25) is 14.4 Å². The molecule has 1 heterocycles. The lowest BCUT2D eigenvalue weighted by Crippen LogP contribution is -2.31. The zero-order chi connectivity index (χ0) is 23.9. The number of rotatable bonds is 5. The van der Waals surface area contributed by atoms with E-state index in [1.807, 2.05) is 0 Å². The second-order valence-corrected chi connectivity index (χ2v) is 8.53. The molecular weight excluding hydrogens is 512 g/mol. The van der Waals surface area contributed by atoms with Crippen molar-refractivity contribution in [2.75, 3.05) is 11.5 Å². The Morgan fingerprint density at radius 3 is 1.94 bits per heavy atom. The molecule has 1 aliphatic rings. The van der Waals surface area contributed by atoms with Crippen molar-refractivity contribution in [1.82, 2.24) is 0 Å². The first-order valence-electron chi connectivity index (χ1n) is 9.31. The van der Waals surface area contributed by atoms with Crippen LogP contribution in [0.15, 0.2) is 54.6 Å². The van der Waals surface area contributed by atoms with Crippen LogP contribution in [0, 0.1) is 0 Å². The minimum absolute atomic E-state index is 0.00271. The van der Waals surface area contributed by atoms with E-state index >= 15 is 0 Å². The number of amides is 2. The summed E-state index contributed by atoms with van der Waals surface area (Å²) in [6, 6.07) is 12.8. The number of ketones is 1. The molecule has 33 heavy (non-hydrogen) atoms. The largest absolute Gasteiger partial charge is 0.454 e. The van der Waals surface area contributed by atoms with E-state index in [9.17, 15) is 19.2 Å². The summed E-state index contributed by atoms with van der Waals surface area (Å²) in [6.45, 7) is -0.585. The molecule has 10 heteroatoms. The summed E-state index contributed by atoms with van der Waals surface area (Å²) in [7, 11) is 0. The van der Waals surface area contributed by atoms with Gasteiger partial charge in [0, 0.05) is 5.56 Å². The van der Waals surface area contributed by atoms with Gasteiger partial charge in [0.05, 0.1) is 42.5 Å². The molecule has 2 amide bonds. The van der Waals surface area contributed by atoms with Gasteiger partial charge in [0.25, 0.3) is 11.8 Å². The first-order chi connectivity index (χ1) is 15.7. The van der Waals surface area contributed by atoms with Gasteiger partial charge < -0.3 is 4.74 Å². The third kappa shape index (κ3) is 4.35. The molecular formula is C23H11Cl4NO5. The van der Waals surface area contributed by atoms with Crippen molar-refractivity contribution < 1.29 is 23.9 Å². The fourth-order valence-electron chi connectivity index (χ4n) is 3.26. The number of carbonyl (C=O) groups excluding carboxylic acids is 4. The van der Waals surface area contributed by atoms with E-state index in [0.717, 1.165) is 4.90 Å². The first-order valence-corrected chi connectivity index (χ1v) is 10.8. The van der Waals surface area contributed by atoms with Crippen LogP contribution in [0.25, 0.3) is 0 Å². The van der Waals surface area contributed by atoms with Crippen molar-refractivity contribution in [3.8, 4) is 0 Å². The predicted octanol–water partition coefficient (Wildman–Crippen LogP) is 6.14. The third-order valence-electron chi connectivity index (χ3n) is 4.87. The van der Waals surface area contributed by atoms with Crippen molar-refractivity contribution >= 4 is 75.7 Å². The SMILES string of the molecule is O=C(COC(=O)c1ccccc1N1C(=O)c2cc(Cl)c(Cl)cc2C1=O)c1ccc(Cl)c(Cl)c1. The molecule has 0 radical (unpaired) electrons. The zero-order valence-corrected chi connectivity index (χ0v) is 19.4. The number of fused-ring (bicyclic) bond motifs is 1. The van der Waals surface area contributed by atoms with Crippen LogP contribution < -0.4 is 4.90 Å². The molecule has 0 saturated carbocycles. The molecule has 0 unspecified atom stereocenters. The van der Waals surface area contributed by atoms with E-state index in [0.29, 0.717) is 0 Å². The van der Waals surface area contributed by atoms with Crippen LogP contribution in [0.3, 0.4) is 0 Å². The Balaban J connectivity index is 1.58. The maximum Gasteiger partial charge on any atom is 0.340 e. The first kappa shape index (κ1) is 23.3. The van der Waals surface area contributed by atoms with Gasteiger partial charge in [-0.25, -0.2) is 9.69 Å². The zero-order valence-electron chi connectivity index (χ0n) is 16.4. The summed E-state index contributed by atoms with van der Waals surface area (Å²) in [5.74, 6) is -2.74. The predicted molar refractivity (Wildman–Crippen MR) is 125 cm³/mol. The van der Waals surface area contributed by atoms with E-state index in [1.165, 1.54) is 48.5 Å². The maximum atomic E-state index is 12.9. The lowest BCUT2D eigenvalue weighted by atomic mass is 10.1. The average Bonchev–Trinajstić information content (AvgIpc) is 3.03. The molecule has 0 aliphatic carbocycles. The number of halogens is 4.